The molecule has 6 nitrogen and oxygen atoms in total. The van der Waals surface area contributed by atoms with E-state index in [0.29, 0.717) is 13.1 Å². The van der Waals surface area contributed by atoms with Gasteiger partial charge in [-0.25, -0.2) is 4.79 Å². The van der Waals surface area contributed by atoms with Crippen molar-refractivity contribution >= 4 is 12.0 Å². The predicted molar refractivity (Wildman–Crippen MR) is 59.2 cm³/mol. The van der Waals surface area contributed by atoms with Crippen molar-refractivity contribution in [3.05, 3.63) is 30.1 Å². The number of aromatic nitrogens is 1. The van der Waals surface area contributed by atoms with Crippen LogP contribution in [0.15, 0.2) is 24.5 Å². The van der Waals surface area contributed by atoms with Crippen LogP contribution in [0.1, 0.15) is 12.0 Å². The standard InChI is InChI=1S/C11H13N3O3/c15-10(16)4-9-6-13-11(17)14(9)7-8-2-1-3-12-5-8/h1-3,5,9H,4,6-7H2,(H,13,17)(H,15,16). The monoisotopic (exact) mass is 235 g/mol. The number of aliphatic carboxylic acids is 1. The number of hydrogen-bond acceptors (Lipinski definition) is 3. The Labute approximate surface area is 98.3 Å². The van der Waals surface area contributed by atoms with Crippen LogP contribution in [0.2, 0.25) is 0 Å². The van der Waals surface area contributed by atoms with E-state index in [1.165, 1.54) is 4.90 Å². The Morgan fingerprint density at radius 3 is 3.12 bits per heavy atom. The van der Waals surface area contributed by atoms with Crippen molar-refractivity contribution in [3.63, 3.8) is 0 Å². The fraction of sp³-hybridized carbons (Fsp3) is 0.364. The second kappa shape index (κ2) is 4.82. The van der Waals surface area contributed by atoms with Gasteiger partial charge in [0.25, 0.3) is 0 Å². The maximum atomic E-state index is 11.6. The summed E-state index contributed by atoms with van der Waals surface area (Å²) < 4.78 is 0. The fourth-order valence-electron chi connectivity index (χ4n) is 1.86. The van der Waals surface area contributed by atoms with Gasteiger partial charge in [0.15, 0.2) is 0 Å². The molecule has 1 fully saturated rings. The number of carbonyl (C=O) groups is 2. The first-order valence-electron chi connectivity index (χ1n) is 5.32. The third-order valence-corrected chi connectivity index (χ3v) is 2.68. The average Bonchev–Trinajstić information content (AvgIpc) is 2.62. The maximum Gasteiger partial charge on any atom is 0.318 e. The normalized spacial score (nSPS) is 19.2. The quantitative estimate of drug-likeness (QED) is 0.793. The topological polar surface area (TPSA) is 82.5 Å². The first-order chi connectivity index (χ1) is 8.16. The highest BCUT2D eigenvalue weighted by atomic mass is 16.4. The summed E-state index contributed by atoms with van der Waals surface area (Å²) in [4.78, 5) is 27.7. The number of carbonyl (C=O) groups excluding carboxylic acids is 1. The summed E-state index contributed by atoms with van der Waals surface area (Å²) in [6, 6.07) is 3.13. The lowest BCUT2D eigenvalue weighted by Crippen LogP contribution is -2.35. The number of pyridine rings is 1. The van der Waals surface area contributed by atoms with Gasteiger partial charge in [0.1, 0.15) is 0 Å². The number of carboxylic acid groups (broad SMARTS) is 1. The summed E-state index contributed by atoms with van der Waals surface area (Å²) in [5.74, 6) is -0.900. The first-order valence-corrected chi connectivity index (χ1v) is 5.32. The molecule has 0 aliphatic carbocycles. The number of hydrogen-bond donors (Lipinski definition) is 2. The molecule has 90 valence electrons. The molecule has 17 heavy (non-hydrogen) atoms. The Bertz CT molecular complexity index is 421. The molecule has 6 heteroatoms. The van der Waals surface area contributed by atoms with Crippen molar-refractivity contribution in [2.24, 2.45) is 0 Å². The van der Waals surface area contributed by atoms with Gasteiger partial charge in [0.2, 0.25) is 0 Å². The Balaban J connectivity index is 2.06. The molecule has 1 atom stereocenters. The lowest BCUT2D eigenvalue weighted by molar-refractivity contribution is -0.137. The molecule has 2 rings (SSSR count). The van der Waals surface area contributed by atoms with Crippen LogP contribution >= 0.6 is 0 Å². The van der Waals surface area contributed by atoms with E-state index in [1.54, 1.807) is 18.5 Å². The molecule has 1 aliphatic rings. The number of nitrogens with zero attached hydrogens (tertiary/aromatic N) is 2. The van der Waals surface area contributed by atoms with Gasteiger partial charge < -0.3 is 15.3 Å². The number of rotatable bonds is 4. The van der Waals surface area contributed by atoms with Crippen LogP contribution in [0.25, 0.3) is 0 Å². The fourth-order valence-corrected chi connectivity index (χ4v) is 1.86. The molecular formula is C11H13N3O3. The Hall–Kier alpha value is -2.11. The van der Waals surface area contributed by atoms with Crippen LogP contribution in [0, 0.1) is 0 Å². The zero-order valence-electron chi connectivity index (χ0n) is 9.17. The van der Waals surface area contributed by atoms with Gasteiger partial charge in [-0.3, -0.25) is 9.78 Å². The van der Waals surface area contributed by atoms with E-state index in [2.05, 4.69) is 10.3 Å². The first kappa shape index (κ1) is 11.4. The van der Waals surface area contributed by atoms with Crippen LogP contribution < -0.4 is 5.32 Å². The van der Waals surface area contributed by atoms with E-state index in [-0.39, 0.29) is 18.5 Å². The molecule has 0 spiro atoms. The van der Waals surface area contributed by atoms with Crippen molar-refractivity contribution in [1.82, 2.24) is 15.2 Å². The second-order valence-electron chi connectivity index (χ2n) is 3.93. The summed E-state index contributed by atoms with van der Waals surface area (Å²) in [7, 11) is 0. The molecule has 2 amide bonds. The number of nitrogens with one attached hydrogen (secondary N) is 1. The molecule has 0 bridgehead atoms. The predicted octanol–water partition coefficient (Wildman–Crippen LogP) is 0.450. The third-order valence-electron chi connectivity index (χ3n) is 2.68. The molecular weight excluding hydrogens is 222 g/mol. The Morgan fingerprint density at radius 1 is 1.65 bits per heavy atom. The highest BCUT2D eigenvalue weighted by molar-refractivity contribution is 5.78. The van der Waals surface area contributed by atoms with E-state index in [0.717, 1.165) is 5.56 Å². The van der Waals surface area contributed by atoms with Crippen molar-refractivity contribution in [1.29, 1.82) is 0 Å². The number of carboxylic acids is 1. The zero-order chi connectivity index (χ0) is 12.3. The van der Waals surface area contributed by atoms with Crippen molar-refractivity contribution in [2.45, 2.75) is 19.0 Å². The minimum atomic E-state index is -0.900. The van der Waals surface area contributed by atoms with Crippen LogP contribution in [-0.2, 0) is 11.3 Å². The maximum absolute atomic E-state index is 11.6. The number of urea groups is 1. The molecule has 1 unspecified atom stereocenters. The van der Waals surface area contributed by atoms with Gasteiger partial charge in [-0.2, -0.15) is 0 Å². The molecule has 2 heterocycles. The minimum absolute atomic E-state index is 0.0427. The minimum Gasteiger partial charge on any atom is -0.481 e. The van der Waals surface area contributed by atoms with E-state index in [9.17, 15) is 9.59 Å². The molecule has 0 aromatic carbocycles. The van der Waals surface area contributed by atoms with Crippen molar-refractivity contribution in [3.8, 4) is 0 Å². The van der Waals surface area contributed by atoms with Gasteiger partial charge in [-0.05, 0) is 11.6 Å². The van der Waals surface area contributed by atoms with Gasteiger partial charge >= 0.3 is 12.0 Å². The lowest BCUT2D eigenvalue weighted by Gasteiger charge is -2.21. The lowest BCUT2D eigenvalue weighted by atomic mass is 10.2. The highest BCUT2D eigenvalue weighted by Gasteiger charge is 2.31. The molecule has 1 saturated heterocycles. The van der Waals surface area contributed by atoms with Crippen LogP contribution in [0.5, 0.6) is 0 Å². The Morgan fingerprint density at radius 2 is 2.47 bits per heavy atom. The smallest absolute Gasteiger partial charge is 0.318 e. The zero-order valence-corrected chi connectivity index (χ0v) is 9.17. The van der Waals surface area contributed by atoms with Gasteiger partial charge in [-0.1, -0.05) is 6.07 Å². The summed E-state index contributed by atoms with van der Waals surface area (Å²) >= 11 is 0. The summed E-state index contributed by atoms with van der Waals surface area (Å²) in [6.45, 7) is 0.767. The van der Waals surface area contributed by atoms with Gasteiger partial charge in [0, 0.05) is 25.5 Å². The van der Waals surface area contributed by atoms with Crippen LogP contribution in [-0.4, -0.2) is 39.6 Å². The average molecular weight is 235 g/mol. The van der Waals surface area contributed by atoms with Crippen molar-refractivity contribution < 1.29 is 14.7 Å². The molecule has 1 aromatic heterocycles. The number of amides is 2. The van der Waals surface area contributed by atoms with E-state index >= 15 is 0 Å². The molecule has 0 saturated carbocycles. The van der Waals surface area contributed by atoms with E-state index in [4.69, 9.17) is 5.11 Å². The van der Waals surface area contributed by atoms with Crippen molar-refractivity contribution in [2.75, 3.05) is 6.54 Å². The Kier molecular flexibility index (Phi) is 3.22. The summed E-state index contributed by atoms with van der Waals surface area (Å²) in [5.41, 5.74) is 0.889. The molecule has 2 N–H and O–H groups in total. The summed E-state index contributed by atoms with van der Waals surface area (Å²) in [5, 5.41) is 11.4. The largest absolute Gasteiger partial charge is 0.481 e. The molecule has 0 radical (unpaired) electrons. The summed E-state index contributed by atoms with van der Waals surface area (Å²) in [6.07, 6.45) is 3.28. The van der Waals surface area contributed by atoms with Crippen LogP contribution in [0.3, 0.4) is 0 Å². The third kappa shape index (κ3) is 2.72. The van der Waals surface area contributed by atoms with Gasteiger partial charge in [0.05, 0.1) is 12.5 Å². The second-order valence-corrected chi connectivity index (χ2v) is 3.93. The van der Waals surface area contributed by atoms with E-state index < -0.39 is 5.97 Å². The molecule has 1 aliphatic heterocycles. The SMILES string of the molecule is O=C(O)CC1CNC(=O)N1Cc1cccnc1. The molecule has 1 aromatic rings. The van der Waals surface area contributed by atoms with Gasteiger partial charge in [-0.15, -0.1) is 0 Å². The van der Waals surface area contributed by atoms with E-state index in [1.807, 2.05) is 6.07 Å². The highest BCUT2D eigenvalue weighted by Crippen LogP contribution is 2.14. The van der Waals surface area contributed by atoms with Crippen LogP contribution in [0.4, 0.5) is 4.79 Å².